The van der Waals surface area contributed by atoms with Gasteiger partial charge >= 0.3 is 0 Å². The lowest BCUT2D eigenvalue weighted by atomic mass is 9.92. The lowest BCUT2D eigenvalue weighted by Crippen LogP contribution is -2.23. The van der Waals surface area contributed by atoms with Crippen molar-refractivity contribution in [3.63, 3.8) is 0 Å². The summed E-state index contributed by atoms with van der Waals surface area (Å²) in [6, 6.07) is 31.7. The van der Waals surface area contributed by atoms with E-state index in [1.165, 1.54) is 48.9 Å². The molecule has 0 aliphatic carbocycles. The monoisotopic (exact) mass is 740 g/mol. The number of carbonyl (C=O) groups excluding carboxylic acids is 1. The maximum atomic E-state index is 12.5. The van der Waals surface area contributed by atoms with Crippen LogP contribution in [0.25, 0.3) is 0 Å². The molecule has 296 valence electrons. The highest BCUT2D eigenvalue weighted by molar-refractivity contribution is 6.05. The molecule has 0 unspecified atom stereocenters. The van der Waals surface area contributed by atoms with Crippen LogP contribution in [0.5, 0.6) is 0 Å². The van der Waals surface area contributed by atoms with Gasteiger partial charge in [0.05, 0.1) is 5.69 Å². The minimum atomic E-state index is -0.0504. The third kappa shape index (κ3) is 15.6. The van der Waals surface area contributed by atoms with Crippen LogP contribution in [-0.4, -0.2) is 65.9 Å². The predicted octanol–water partition coefficient (Wildman–Crippen LogP) is 11.5. The summed E-state index contributed by atoms with van der Waals surface area (Å²) in [5, 5.41) is 21.6. The molecule has 0 spiro atoms. The highest BCUT2D eigenvalue weighted by Gasteiger charge is 2.18. The van der Waals surface area contributed by atoms with Crippen LogP contribution in [0, 0.1) is 0 Å². The Morgan fingerprint density at radius 3 is 1.28 bits per heavy atom. The smallest absolute Gasteiger partial charge is 0.255 e. The maximum absolute atomic E-state index is 12.5. The highest BCUT2D eigenvalue weighted by atomic mass is 16.5. The van der Waals surface area contributed by atoms with Crippen molar-refractivity contribution in [2.45, 2.75) is 99.8 Å². The number of hydrogen-bond acceptors (Lipinski definition) is 6. The molecule has 0 radical (unpaired) electrons. The van der Waals surface area contributed by atoms with E-state index in [1.54, 1.807) is 12.5 Å². The Hall–Kier alpha value is -4.34. The predicted molar refractivity (Wildman–Crippen MR) is 230 cm³/mol. The van der Waals surface area contributed by atoms with Gasteiger partial charge in [-0.15, -0.1) is 0 Å². The van der Waals surface area contributed by atoms with Gasteiger partial charge in [0.2, 0.25) is 0 Å². The van der Waals surface area contributed by atoms with E-state index < -0.39 is 0 Å². The van der Waals surface area contributed by atoms with Crippen LogP contribution >= 0.6 is 0 Å². The minimum Gasteiger partial charge on any atom is -0.321 e. The summed E-state index contributed by atoms with van der Waals surface area (Å²) in [4.78, 5) is 19.7. The molecular formula is C46H69N5O3. The molecule has 0 aliphatic heterocycles. The Balaban J connectivity index is 0.000000434. The number of rotatable bonds is 11. The second-order valence-electron chi connectivity index (χ2n) is 14.2. The minimum absolute atomic E-state index is 0.0504. The van der Waals surface area contributed by atoms with Crippen LogP contribution < -0.4 is 10.8 Å². The van der Waals surface area contributed by atoms with Crippen molar-refractivity contribution in [3.8, 4) is 0 Å². The second kappa shape index (κ2) is 25.6. The van der Waals surface area contributed by atoms with Crippen molar-refractivity contribution in [2.75, 3.05) is 39.0 Å². The molecule has 4 aromatic rings. The van der Waals surface area contributed by atoms with Gasteiger partial charge in [0.1, 0.15) is 0 Å². The lowest BCUT2D eigenvalue weighted by Gasteiger charge is -2.20. The number of benzene rings is 4. The third-order valence-corrected chi connectivity index (χ3v) is 8.89. The van der Waals surface area contributed by atoms with Crippen molar-refractivity contribution in [1.29, 1.82) is 0 Å². The molecule has 0 bridgehead atoms. The van der Waals surface area contributed by atoms with Gasteiger partial charge in [-0.2, -0.15) is 0 Å². The van der Waals surface area contributed by atoms with Crippen molar-refractivity contribution < 1.29 is 15.2 Å². The summed E-state index contributed by atoms with van der Waals surface area (Å²) in [7, 11) is 3.04. The Morgan fingerprint density at radius 2 is 0.963 bits per heavy atom. The molecule has 0 heterocycles. The molecule has 0 atom stereocenters. The number of aliphatic imine (C=N–C) groups is 1. The summed E-state index contributed by atoms with van der Waals surface area (Å²) >= 11 is 0. The van der Waals surface area contributed by atoms with Gasteiger partial charge in [0, 0.05) is 30.9 Å². The van der Waals surface area contributed by atoms with E-state index in [1.807, 2.05) is 60.7 Å². The summed E-state index contributed by atoms with van der Waals surface area (Å²) in [5.74, 6) is 1.98. The molecule has 0 saturated carbocycles. The number of carbonyl (C=O) groups is 1. The van der Waals surface area contributed by atoms with E-state index in [9.17, 15) is 10.0 Å². The van der Waals surface area contributed by atoms with Crippen LogP contribution in [0.4, 0.5) is 11.4 Å². The molecule has 4 aromatic carbocycles. The SMILES string of the molecule is CC(C)c1cccc(C(C)C)c1N=C(c1ccccc1)N(C)O.CC(C)c1cccc(C(C)C)c1NC(=O)c1ccccc1.CCN(CC)CC.CNO. The molecule has 1 amide bonds. The molecule has 4 rings (SSSR count). The van der Waals surface area contributed by atoms with E-state index >= 15 is 0 Å². The normalized spacial score (nSPS) is 11.1. The lowest BCUT2D eigenvalue weighted by molar-refractivity contribution is 0.0143. The summed E-state index contributed by atoms with van der Waals surface area (Å²) in [6.07, 6.45) is 0. The third-order valence-electron chi connectivity index (χ3n) is 8.89. The number of hydroxylamine groups is 3. The number of amidine groups is 1. The second-order valence-corrected chi connectivity index (χ2v) is 14.2. The van der Waals surface area contributed by atoms with Crippen molar-refractivity contribution in [1.82, 2.24) is 15.4 Å². The number of nitrogens with one attached hydrogen (secondary N) is 2. The average Bonchev–Trinajstić information content (AvgIpc) is 3.15. The first-order chi connectivity index (χ1) is 25.7. The zero-order valence-corrected chi connectivity index (χ0v) is 35.3. The van der Waals surface area contributed by atoms with Gasteiger partial charge in [-0.05, 0) is 77.7 Å². The molecule has 4 N–H and O–H groups in total. The van der Waals surface area contributed by atoms with E-state index in [4.69, 9.17) is 10.2 Å². The Labute approximate surface area is 327 Å². The fourth-order valence-electron chi connectivity index (χ4n) is 5.80. The van der Waals surface area contributed by atoms with Gasteiger partial charge < -0.3 is 15.4 Å². The Bertz CT molecular complexity index is 1590. The van der Waals surface area contributed by atoms with Gasteiger partial charge in [-0.3, -0.25) is 10.0 Å². The van der Waals surface area contributed by atoms with Crippen molar-refractivity contribution in [2.24, 2.45) is 4.99 Å². The zero-order valence-electron chi connectivity index (χ0n) is 35.3. The molecular weight excluding hydrogens is 671 g/mol. The Morgan fingerprint density at radius 1 is 0.611 bits per heavy atom. The summed E-state index contributed by atoms with van der Waals surface area (Å²) in [5.41, 5.74) is 10.0. The number of hydrogen-bond donors (Lipinski definition) is 4. The van der Waals surface area contributed by atoms with Crippen molar-refractivity contribution >= 4 is 23.1 Å². The van der Waals surface area contributed by atoms with E-state index in [-0.39, 0.29) is 5.91 Å². The molecule has 0 fully saturated rings. The van der Waals surface area contributed by atoms with Gasteiger partial charge in [-0.25, -0.2) is 15.5 Å². The average molecular weight is 740 g/mol. The largest absolute Gasteiger partial charge is 0.321 e. The number of para-hydroxylation sites is 2. The maximum Gasteiger partial charge on any atom is 0.255 e. The van der Waals surface area contributed by atoms with Crippen LogP contribution in [-0.2, 0) is 0 Å². The quantitative estimate of drug-likeness (QED) is 0.0694. The van der Waals surface area contributed by atoms with Crippen LogP contribution in [0.15, 0.2) is 102 Å². The topological polar surface area (TPSA) is 100 Å². The number of nitrogens with zero attached hydrogens (tertiary/aromatic N) is 3. The molecule has 8 nitrogen and oxygen atoms in total. The van der Waals surface area contributed by atoms with Crippen LogP contribution in [0.1, 0.15) is 138 Å². The zero-order chi connectivity index (χ0) is 40.8. The fourth-order valence-corrected chi connectivity index (χ4v) is 5.80. The van der Waals surface area contributed by atoms with Gasteiger partial charge in [-0.1, -0.05) is 161 Å². The fraction of sp³-hybridized carbons (Fsp3) is 0.435. The summed E-state index contributed by atoms with van der Waals surface area (Å²) in [6.45, 7) is 27.4. The first kappa shape index (κ1) is 47.7. The van der Waals surface area contributed by atoms with Crippen molar-refractivity contribution in [3.05, 3.63) is 130 Å². The highest BCUT2D eigenvalue weighted by Crippen LogP contribution is 2.35. The molecule has 0 saturated heterocycles. The van der Waals surface area contributed by atoms with E-state index in [0.717, 1.165) is 22.0 Å². The van der Waals surface area contributed by atoms with E-state index in [2.05, 4.69) is 123 Å². The first-order valence-corrected chi connectivity index (χ1v) is 19.4. The van der Waals surface area contributed by atoms with Crippen LogP contribution in [0.2, 0.25) is 0 Å². The van der Waals surface area contributed by atoms with Gasteiger partial charge in [0.25, 0.3) is 5.91 Å². The molecule has 8 heteroatoms. The molecule has 54 heavy (non-hydrogen) atoms. The number of amides is 1. The van der Waals surface area contributed by atoms with Crippen LogP contribution in [0.3, 0.4) is 0 Å². The molecule has 0 aliphatic rings. The number of anilines is 1. The Kier molecular flexibility index (Phi) is 22.6. The molecule has 0 aromatic heterocycles. The standard InChI is InChI=1S/C20H26N2O.C19H23NO.C6H15N.CH5NO/c1-14(2)17-12-9-13-18(15(3)4)19(17)21-20(22(5)23)16-10-7-6-8-11-16;1-13(2)16-11-8-12-17(14(3)4)18(16)20-19(21)15-9-6-5-7-10-15;1-4-7(5-2)6-3;1-2-3/h6-15,23H,1-5H3;5-14H,1-4H3,(H,20,21);4-6H2,1-3H3;2-3H,1H3. The summed E-state index contributed by atoms with van der Waals surface area (Å²) < 4.78 is 0. The first-order valence-electron chi connectivity index (χ1n) is 19.4. The van der Waals surface area contributed by atoms with E-state index in [0.29, 0.717) is 35.1 Å². The van der Waals surface area contributed by atoms with Gasteiger partial charge in [0.15, 0.2) is 5.84 Å².